The smallest absolute Gasteiger partial charge is 0.243 e. The Morgan fingerprint density at radius 3 is 2.40 bits per heavy atom. The number of rotatable bonds is 4. The van der Waals surface area contributed by atoms with Gasteiger partial charge in [-0.25, -0.2) is 8.42 Å². The summed E-state index contributed by atoms with van der Waals surface area (Å²) in [7, 11) is -3.48. The van der Waals surface area contributed by atoms with E-state index >= 15 is 0 Å². The molecule has 1 atom stereocenters. The number of sulfonamides is 1. The van der Waals surface area contributed by atoms with Gasteiger partial charge in [0.25, 0.3) is 0 Å². The third-order valence-electron chi connectivity index (χ3n) is 4.55. The molecule has 1 amide bonds. The van der Waals surface area contributed by atoms with Crippen molar-refractivity contribution >= 4 is 21.6 Å². The van der Waals surface area contributed by atoms with Crippen LogP contribution in [0.3, 0.4) is 0 Å². The first-order valence-corrected chi connectivity index (χ1v) is 9.95. The number of carbonyl (C=O) groups is 1. The monoisotopic (exact) mass is 358 g/mol. The van der Waals surface area contributed by atoms with Crippen LogP contribution in [0, 0.1) is 6.92 Å². The van der Waals surface area contributed by atoms with Crippen LogP contribution in [-0.2, 0) is 27.8 Å². The first-order chi connectivity index (χ1) is 11.9. The summed E-state index contributed by atoms with van der Waals surface area (Å²) in [5.41, 5.74) is 3.75. The Bertz CT molecular complexity index is 876. The van der Waals surface area contributed by atoms with Crippen molar-refractivity contribution in [2.24, 2.45) is 0 Å². The van der Waals surface area contributed by atoms with Gasteiger partial charge in [-0.1, -0.05) is 42.0 Å². The molecule has 3 rings (SSSR count). The number of anilines is 1. The molecule has 0 aromatic heterocycles. The fourth-order valence-electron chi connectivity index (χ4n) is 3.04. The number of aryl methyl sites for hydroxylation is 1. The minimum atomic E-state index is -3.48. The number of nitrogens with one attached hydrogen (secondary N) is 1. The molecule has 1 N–H and O–H groups in total. The van der Waals surface area contributed by atoms with Crippen LogP contribution in [0.2, 0.25) is 0 Å². The van der Waals surface area contributed by atoms with Gasteiger partial charge < -0.3 is 5.32 Å². The van der Waals surface area contributed by atoms with Crippen LogP contribution >= 0.6 is 0 Å². The number of nitrogens with zero attached hydrogens (tertiary/aromatic N) is 1. The van der Waals surface area contributed by atoms with Gasteiger partial charge in [0.1, 0.15) is 6.04 Å². The summed E-state index contributed by atoms with van der Waals surface area (Å²) in [4.78, 5) is 12.8. The van der Waals surface area contributed by atoms with E-state index in [1.165, 1.54) is 4.31 Å². The van der Waals surface area contributed by atoms with Crippen molar-refractivity contribution in [1.29, 1.82) is 0 Å². The minimum absolute atomic E-state index is 0.0243. The number of amides is 1. The van der Waals surface area contributed by atoms with Crippen molar-refractivity contribution in [2.75, 3.05) is 11.1 Å². The van der Waals surface area contributed by atoms with Gasteiger partial charge in [0.2, 0.25) is 15.9 Å². The van der Waals surface area contributed by atoms with E-state index in [9.17, 15) is 13.2 Å². The van der Waals surface area contributed by atoms with Crippen LogP contribution in [0.4, 0.5) is 5.69 Å². The lowest BCUT2D eigenvalue weighted by atomic mass is 9.95. The molecule has 0 aliphatic carbocycles. The van der Waals surface area contributed by atoms with E-state index in [1.807, 2.05) is 55.5 Å². The molecular weight excluding hydrogens is 336 g/mol. The fraction of sp³-hybridized carbons (Fsp3) is 0.316. The second-order valence-corrected chi connectivity index (χ2v) is 8.50. The van der Waals surface area contributed by atoms with Crippen LogP contribution in [0.15, 0.2) is 48.5 Å². The maximum Gasteiger partial charge on any atom is 0.243 e. The topological polar surface area (TPSA) is 66.5 Å². The molecule has 0 radical (unpaired) electrons. The van der Waals surface area contributed by atoms with E-state index in [1.54, 1.807) is 6.92 Å². The molecule has 1 aliphatic rings. The Balaban J connectivity index is 1.90. The molecule has 0 unspecified atom stereocenters. The predicted molar refractivity (Wildman–Crippen MR) is 98.7 cm³/mol. The Kier molecular flexibility index (Phi) is 4.92. The van der Waals surface area contributed by atoms with Crippen molar-refractivity contribution in [3.63, 3.8) is 0 Å². The van der Waals surface area contributed by atoms with Gasteiger partial charge in [0.05, 0.1) is 5.75 Å². The molecule has 1 aliphatic heterocycles. The molecule has 2 aromatic carbocycles. The Morgan fingerprint density at radius 2 is 1.76 bits per heavy atom. The molecule has 5 nitrogen and oxygen atoms in total. The fourth-order valence-corrected chi connectivity index (χ4v) is 4.27. The van der Waals surface area contributed by atoms with Gasteiger partial charge in [-0.2, -0.15) is 4.31 Å². The van der Waals surface area contributed by atoms with Crippen molar-refractivity contribution in [2.45, 2.75) is 32.9 Å². The second-order valence-electron chi connectivity index (χ2n) is 6.29. The highest BCUT2D eigenvalue weighted by Gasteiger charge is 2.37. The maximum atomic E-state index is 12.8. The summed E-state index contributed by atoms with van der Waals surface area (Å²) < 4.78 is 26.4. The molecule has 25 heavy (non-hydrogen) atoms. The SMILES string of the molecule is CCS(=O)(=O)N1Cc2ccccc2C[C@H]1C(=O)Nc1ccc(C)cc1. The van der Waals surface area contributed by atoms with Crippen LogP contribution in [0.1, 0.15) is 23.6 Å². The summed E-state index contributed by atoms with van der Waals surface area (Å²) in [6.45, 7) is 3.81. The molecule has 0 bridgehead atoms. The summed E-state index contributed by atoms with van der Waals surface area (Å²) >= 11 is 0. The molecule has 0 spiro atoms. The molecule has 2 aromatic rings. The largest absolute Gasteiger partial charge is 0.325 e. The van der Waals surface area contributed by atoms with Crippen LogP contribution in [0.5, 0.6) is 0 Å². The van der Waals surface area contributed by atoms with E-state index in [0.29, 0.717) is 12.1 Å². The zero-order valence-corrected chi connectivity index (χ0v) is 15.2. The third kappa shape index (κ3) is 3.75. The summed E-state index contributed by atoms with van der Waals surface area (Å²) in [6, 6.07) is 14.4. The number of hydrogen-bond donors (Lipinski definition) is 1. The zero-order valence-electron chi connectivity index (χ0n) is 14.4. The minimum Gasteiger partial charge on any atom is -0.325 e. The molecule has 0 fully saturated rings. The van der Waals surface area contributed by atoms with E-state index in [4.69, 9.17) is 0 Å². The predicted octanol–water partition coefficient (Wildman–Crippen LogP) is 2.71. The molecular formula is C19H22N2O3S. The van der Waals surface area contributed by atoms with Crippen molar-refractivity contribution in [1.82, 2.24) is 4.31 Å². The highest BCUT2D eigenvalue weighted by Crippen LogP contribution is 2.27. The van der Waals surface area contributed by atoms with Crippen molar-refractivity contribution in [3.05, 3.63) is 65.2 Å². The summed E-state index contributed by atoms with van der Waals surface area (Å²) in [5.74, 6) is -0.320. The van der Waals surface area contributed by atoms with Crippen LogP contribution in [0.25, 0.3) is 0 Å². The number of fused-ring (bicyclic) bond motifs is 1. The average Bonchev–Trinajstić information content (AvgIpc) is 2.62. The van der Waals surface area contributed by atoms with E-state index in [0.717, 1.165) is 16.7 Å². The molecule has 0 saturated carbocycles. The number of carbonyl (C=O) groups excluding carboxylic acids is 1. The highest BCUT2D eigenvalue weighted by molar-refractivity contribution is 7.89. The number of hydrogen-bond acceptors (Lipinski definition) is 3. The lowest BCUT2D eigenvalue weighted by molar-refractivity contribution is -0.120. The molecule has 1 heterocycles. The lowest BCUT2D eigenvalue weighted by Gasteiger charge is -2.34. The van der Waals surface area contributed by atoms with Crippen LogP contribution in [-0.4, -0.2) is 30.4 Å². The summed E-state index contributed by atoms with van der Waals surface area (Å²) in [5, 5.41) is 2.85. The molecule has 132 valence electrons. The standard InChI is InChI=1S/C19H22N2O3S/c1-3-25(23,24)21-13-16-7-5-4-6-15(16)12-18(21)19(22)20-17-10-8-14(2)9-11-17/h4-11,18H,3,12-13H2,1-2H3,(H,20,22)/t18-/m0/s1. The quantitative estimate of drug-likeness (QED) is 0.914. The van der Waals surface area contributed by atoms with E-state index in [2.05, 4.69) is 5.32 Å². The first kappa shape index (κ1) is 17.6. The lowest BCUT2D eigenvalue weighted by Crippen LogP contribution is -2.51. The van der Waals surface area contributed by atoms with Gasteiger partial charge in [0, 0.05) is 12.2 Å². The Morgan fingerprint density at radius 1 is 1.12 bits per heavy atom. The third-order valence-corrected chi connectivity index (χ3v) is 6.38. The first-order valence-electron chi connectivity index (χ1n) is 8.34. The van der Waals surface area contributed by atoms with Crippen molar-refractivity contribution < 1.29 is 13.2 Å². The maximum absolute atomic E-state index is 12.8. The second kappa shape index (κ2) is 6.98. The normalized spacial score (nSPS) is 17.8. The van der Waals surface area contributed by atoms with Gasteiger partial charge in [-0.3, -0.25) is 4.79 Å². The van der Waals surface area contributed by atoms with Gasteiger partial charge >= 0.3 is 0 Å². The van der Waals surface area contributed by atoms with Crippen LogP contribution < -0.4 is 5.32 Å². The van der Waals surface area contributed by atoms with E-state index in [-0.39, 0.29) is 18.2 Å². The highest BCUT2D eigenvalue weighted by atomic mass is 32.2. The Labute approximate surface area is 148 Å². The number of benzene rings is 2. The molecule has 0 saturated heterocycles. The van der Waals surface area contributed by atoms with Crippen molar-refractivity contribution in [3.8, 4) is 0 Å². The zero-order chi connectivity index (χ0) is 18.0. The Hall–Kier alpha value is -2.18. The summed E-state index contributed by atoms with van der Waals surface area (Å²) in [6.07, 6.45) is 0.382. The van der Waals surface area contributed by atoms with Gasteiger partial charge in [0.15, 0.2) is 0 Å². The average molecular weight is 358 g/mol. The molecule has 6 heteroatoms. The van der Waals surface area contributed by atoms with Gasteiger partial charge in [-0.15, -0.1) is 0 Å². The van der Waals surface area contributed by atoms with E-state index < -0.39 is 16.1 Å². The van der Waals surface area contributed by atoms with Gasteiger partial charge in [-0.05, 0) is 43.5 Å².